The van der Waals surface area contributed by atoms with Crippen molar-refractivity contribution >= 4 is 11.6 Å². The highest BCUT2D eigenvalue weighted by atomic mass is 16.5. The van der Waals surface area contributed by atoms with Crippen molar-refractivity contribution < 1.29 is 9.53 Å². The van der Waals surface area contributed by atoms with E-state index in [4.69, 9.17) is 4.74 Å². The summed E-state index contributed by atoms with van der Waals surface area (Å²) < 4.78 is 5.76. The first-order chi connectivity index (χ1) is 12.7. The summed E-state index contributed by atoms with van der Waals surface area (Å²) in [5, 5.41) is 3.27. The molecule has 1 aromatic carbocycles. The number of hydrogen-bond donors (Lipinski definition) is 1. The van der Waals surface area contributed by atoms with E-state index in [0.29, 0.717) is 25.1 Å². The molecule has 2 aliphatic rings. The second kappa shape index (κ2) is 9.26. The maximum absolute atomic E-state index is 12.4. The van der Waals surface area contributed by atoms with Crippen LogP contribution in [-0.2, 0) is 4.79 Å². The van der Waals surface area contributed by atoms with Gasteiger partial charge in [-0.1, -0.05) is 31.9 Å². The number of rotatable bonds is 6. The molecule has 2 atom stereocenters. The molecule has 0 aromatic heterocycles. The van der Waals surface area contributed by atoms with Crippen molar-refractivity contribution in [2.24, 2.45) is 5.92 Å². The van der Waals surface area contributed by atoms with Crippen LogP contribution in [0.25, 0.3) is 0 Å². The highest BCUT2D eigenvalue weighted by Crippen LogP contribution is 2.29. The average molecular weight is 360 g/mol. The molecule has 1 aliphatic carbocycles. The van der Waals surface area contributed by atoms with Gasteiger partial charge in [-0.25, -0.2) is 0 Å². The van der Waals surface area contributed by atoms with Crippen LogP contribution < -0.4 is 15.0 Å². The number of nitrogens with one attached hydrogen (secondary N) is 1. The highest BCUT2D eigenvalue weighted by Gasteiger charge is 2.25. The molecule has 2 fully saturated rings. The Morgan fingerprint density at radius 1 is 1.15 bits per heavy atom. The van der Waals surface area contributed by atoms with Gasteiger partial charge in [-0.05, 0) is 37.8 Å². The monoisotopic (exact) mass is 359 g/mol. The first-order valence-electron chi connectivity index (χ1n) is 10.2. The SMILES string of the molecule is CCOc1ccccc1N1CCN(CC(=O)N[C@@H]2CCCC[C@@H]2C)CC1. The van der Waals surface area contributed by atoms with Gasteiger partial charge >= 0.3 is 0 Å². The molecule has 5 heteroatoms. The Morgan fingerprint density at radius 2 is 1.88 bits per heavy atom. The Balaban J connectivity index is 1.47. The first kappa shape index (κ1) is 19.0. The van der Waals surface area contributed by atoms with E-state index >= 15 is 0 Å². The quantitative estimate of drug-likeness (QED) is 0.848. The van der Waals surface area contributed by atoms with Crippen molar-refractivity contribution in [2.75, 3.05) is 44.2 Å². The van der Waals surface area contributed by atoms with Gasteiger partial charge in [0.15, 0.2) is 0 Å². The van der Waals surface area contributed by atoms with E-state index in [-0.39, 0.29) is 5.91 Å². The van der Waals surface area contributed by atoms with Crippen molar-refractivity contribution in [3.63, 3.8) is 0 Å². The number of carbonyl (C=O) groups is 1. The molecule has 0 unspecified atom stereocenters. The summed E-state index contributed by atoms with van der Waals surface area (Å²) in [6.45, 7) is 9.15. The molecule has 0 spiro atoms. The molecule has 1 heterocycles. The summed E-state index contributed by atoms with van der Waals surface area (Å²) in [5.41, 5.74) is 1.16. The molecule has 1 saturated heterocycles. The van der Waals surface area contributed by atoms with Gasteiger partial charge in [0.2, 0.25) is 5.91 Å². The number of nitrogens with zero attached hydrogens (tertiary/aromatic N) is 2. The Labute approximate surface area is 157 Å². The molecule has 0 radical (unpaired) electrons. The fourth-order valence-corrected chi connectivity index (χ4v) is 4.13. The predicted octanol–water partition coefficient (Wildman–Crippen LogP) is 2.90. The van der Waals surface area contributed by atoms with Gasteiger partial charge in [0.05, 0.1) is 18.8 Å². The lowest BCUT2D eigenvalue weighted by Crippen LogP contribution is -2.51. The minimum absolute atomic E-state index is 0.187. The highest BCUT2D eigenvalue weighted by molar-refractivity contribution is 5.78. The van der Waals surface area contributed by atoms with Crippen LogP contribution in [0.15, 0.2) is 24.3 Å². The summed E-state index contributed by atoms with van der Waals surface area (Å²) in [5.74, 6) is 1.75. The molecule has 0 bridgehead atoms. The summed E-state index contributed by atoms with van der Waals surface area (Å²) in [6, 6.07) is 8.60. The van der Waals surface area contributed by atoms with Crippen molar-refractivity contribution in [1.29, 1.82) is 0 Å². The normalized spacial score (nSPS) is 24.3. The Bertz CT molecular complexity index is 584. The van der Waals surface area contributed by atoms with Crippen LogP contribution in [0, 0.1) is 5.92 Å². The van der Waals surface area contributed by atoms with Gasteiger partial charge in [0.1, 0.15) is 5.75 Å². The first-order valence-corrected chi connectivity index (χ1v) is 10.2. The zero-order chi connectivity index (χ0) is 18.4. The van der Waals surface area contributed by atoms with Crippen molar-refractivity contribution in [3.05, 3.63) is 24.3 Å². The molecule has 1 aliphatic heterocycles. The van der Waals surface area contributed by atoms with Gasteiger partial charge in [-0.2, -0.15) is 0 Å². The third kappa shape index (κ3) is 4.91. The smallest absolute Gasteiger partial charge is 0.234 e. The van der Waals surface area contributed by atoms with E-state index in [2.05, 4.69) is 34.2 Å². The summed E-state index contributed by atoms with van der Waals surface area (Å²) in [4.78, 5) is 17.1. The second-order valence-corrected chi connectivity index (χ2v) is 7.60. The maximum atomic E-state index is 12.4. The van der Waals surface area contributed by atoms with Crippen LogP contribution in [0.1, 0.15) is 39.5 Å². The molecule has 1 saturated carbocycles. The molecular weight excluding hydrogens is 326 g/mol. The van der Waals surface area contributed by atoms with Gasteiger partial charge in [-0.15, -0.1) is 0 Å². The third-order valence-corrected chi connectivity index (χ3v) is 5.70. The van der Waals surface area contributed by atoms with E-state index in [1.54, 1.807) is 0 Å². The topological polar surface area (TPSA) is 44.8 Å². The van der Waals surface area contributed by atoms with E-state index < -0.39 is 0 Å². The van der Waals surface area contributed by atoms with E-state index in [0.717, 1.165) is 44.0 Å². The van der Waals surface area contributed by atoms with Crippen molar-refractivity contribution in [2.45, 2.75) is 45.6 Å². The lowest BCUT2D eigenvalue weighted by atomic mass is 9.86. The van der Waals surface area contributed by atoms with Crippen LogP contribution in [0.2, 0.25) is 0 Å². The predicted molar refractivity (Wildman–Crippen MR) is 106 cm³/mol. The van der Waals surface area contributed by atoms with Gasteiger partial charge in [-0.3, -0.25) is 9.69 Å². The summed E-state index contributed by atoms with van der Waals surface area (Å²) in [6.07, 6.45) is 4.92. The van der Waals surface area contributed by atoms with Crippen LogP contribution >= 0.6 is 0 Å². The number of hydrogen-bond acceptors (Lipinski definition) is 4. The molecule has 144 valence electrons. The number of anilines is 1. The number of amides is 1. The minimum atomic E-state index is 0.187. The standard InChI is InChI=1S/C21H33N3O2/c1-3-26-20-11-7-6-10-19(20)24-14-12-23(13-15-24)16-21(25)22-18-9-5-4-8-17(18)2/h6-7,10-11,17-18H,3-5,8-9,12-16H2,1-2H3,(H,22,25)/t17-,18+/m0/s1. The molecule has 26 heavy (non-hydrogen) atoms. The lowest BCUT2D eigenvalue weighted by Gasteiger charge is -2.37. The number of piperazine rings is 1. The van der Waals surface area contributed by atoms with Gasteiger partial charge in [0.25, 0.3) is 0 Å². The van der Waals surface area contributed by atoms with E-state index in [9.17, 15) is 4.79 Å². The van der Waals surface area contributed by atoms with Crippen LogP contribution in [-0.4, -0.2) is 56.2 Å². The summed E-state index contributed by atoms with van der Waals surface area (Å²) in [7, 11) is 0. The molecule has 1 amide bonds. The Morgan fingerprint density at radius 3 is 2.62 bits per heavy atom. The average Bonchev–Trinajstić information content (AvgIpc) is 2.65. The molecule has 5 nitrogen and oxygen atoms in total. The number of ether oxygens (including phenoxy) is 1. The summed E-state index contributed by atoms with van der Waals surface area (Å²) >= 11 is 0. The van der Waals surface area contributed by atoms with Gasteiger partial charge < -0.3 is 15.0 Å². The molecule has 3 rings (SSSR count). The molecular formula is C21H33N3O2. The van der Waals surface area contributed by atoms with E-state index in [1.165, 1.54) is 19.3 Å². The Hall–Kier alpha value is -1.75. The third-order valence-electron chi connectivity index (χ3n) is 5.70. The number of para-hydroxylation sites is 2. The Kier molecular flexibility index (Phi) is 6.78. The maximum Gasteiger partial charge on any atom is 0.234 e. The van der Waals surface area contributed by atoms with Crippen molar-refractivity contribution in [3.8, 4) is 5.75 Å². The van der Waals surface area contributed by atoms with Gasteiger partial charge in [0, 0.05) is 32.2 Å². The zero-order valence-corrected chi connectivity index (χ0v) is 16.2. The molecule has 1 N–H and O–H groups in total. The van der Waals surface area contributed by atoms with Crippen molar-refractivity contribution in [1.82, 2.24) is 10.2 Å². The van der Waals surface area contributed by atoms with E-state index in [1.807, 2.05) is 19.1 Å². The second-order valence-electron chi connectivity index (χ2n) is 7.60. The number of benzene rings is 1. The lowest BCUT2D eigenvalue weighted by molar-refractivity contribution is -0.123. The minimum Gasteiger partial charge on any atom is -0.492 e. The van der Waals surface area contributed by atoms with Crippen LogP contribution in [0.4, 0.5) is 5.69 Å². The fraction of sp³-hybridized carbons (Fsp3) is 0.667. The molecule has 1 aromatic rings. The zero-order valence-electron chi connectivity index (χ0n) is 16.2. The largest absolute Gasteiger partial charge is 0.492 e. The fourth-order valence-electron chi connectivity index (χ4n) is 4.13. The van der Waals surface area contributed by atoms with Crippen LogP contribution in [0.3, 0.4) is 0 Å². The number of carbonyl (C=O) groups excluding carboxylic acids is 1. The van der Waals surface area contributed by atoms with Crippen LogP contribution in [0.5, 0.6) is 5.75 Å².